The molecule has 4 aromatic rings. The number of hydrogen-bond donors (Lipinski definition) is 1. The Balaban J connectivity index is 1.57. The van der Waals surface area contributed by atoms with Crippen LogP contribution in [0, 0.1) is 6.92 Å². The Labute approximate surface area is 142 Å². The molecule has 0 saturated heterocycles. The summed E-state index contributed by atoms with van der Waals surface area (Å²) in [7, 11) is 0. The van der Waals surface area contributed by atoms with Crippen LogP contribution in [0.25, 0.3) is 16.9 Å². The zero-order valence-corrected chi connectivity index (χ0v) is 13.4. The average molecular weight is 334 g/mol. The minimum absolute atomic E-state index is 0.186. The molecule has 0 saturated carbocycles. The van der Waals surface area contributed by atoms with Crippen LogP contribution in [0.3, 0.4) is 0 Å². The minimum Gasteiger partial charge on any atom is -0.424 e. The molecule has 0 radical (unpaired) electrons. The summed E-state index contributed by atoms with van der Waals surface area (Å²) in [5.74, 6) is 0.623. The number of carbonyl (C=O) groups is 1. The van der Waals surface area contributed by atoms with Crippen molar-refractivity contribution in [2.75, 3.05) is 0 Å². The third kappa shape index (κ3) is 2.97. The maximum absolute atomic E-state index is 12.4. The Morgan fingerprint density at radius 3 is 3.04 bits per heavy atom. The van der Waals surface area contributed by atoms with E-state index in [1.165, 1.54) is 0 Å². The van der Waals surface area contributed by atoms with E-state index in [0.29, 0.717) is 17.3 Å². The second-order valence-corrected chi connectivity index (χ2v) is 5.43. The predicted molar refractivity (Wildman–Crippen MR) is 88.6 cm³/mol. The smallest absolute Gasteiger partial charge is 0.251 e. The number of imidazole rings is 1. The fourth-order valence-corrected chi connectivity index (χ4v) is 2.54. The highest BCUT2D eigenvalue weighted by molar-refractivity contribution is 5.95. The van der Waals surface area contributed by atoms with E-state index in [2.05, 4.69) is 25.5 Å². The SMILES string of the molecule is Cc1nnc(CNC(=O)c2cccc(-c3cnc4cnccn34)c2)o1. The highest BCUT2D eigenvalue weighted by Crippen LogP contribution is 2.21. The quantitative estimate of drug-likeness (QED) is 0.613. The fraction of sp³-hybridized carbons (Fsp3) is 0.118. The van der Waals surface area contributed by atoms with Gasteiger partial charge in [-0.15, -0.1) is 10.2 Å². The standard InChI is InChI=1S/C17H14N6O2/c1-11-21-22-16(25-11)10-20-17(24)13-4-2-3-12(7-13)14-8-19-15-9-18-5-6-23(14)15/h2-9H,10H2,1H3,(H,20,24). The number of aromatic nitrogens is 5. The van der Waals surface area contributed by atoms with E-state index in [9.17, 15) is 4.79 Å². The Bertz CT molecular complexity index is 1050. The van der Waals surface area contributed by atoms with Gasteiger partial charge in [0.15, 0.2) is 5.65 Å². The molecule has 0 aliphatic carbocycles. The van der Waals surface area contributed by atoms with Crippen LogP contribution in [-0.2, 0) is 6.54 Å². The summed E-state index contributed by atoms with van der Waals surface area (Å²) in [5.41, 5.74) is 3.07. The molecule has 0 unspecified atom stereocenters. The van der Waals surface area contributed by atoms with Gasteiger partial charge >= 0.3 is 0 Å². The van der Waals surface area contributed by atoms with E-state index < -0.39 is 0 Å². The third-order valence-electron chi connectivity index (χ3n) is 3.71. The second kappa shape index (κ2) is 6.16. The van der Waals surface area contributed by atoms with Crippen molar-refractivity contribution < 1.29 is 9.21 Å². The van der Waals surface area contributed by atoms with Gasteiger partial charge in [-0.3, -0.25) is 14.2 Å². The molecule has 0 atom stereocenters. The summed E-state index contributed by atoms with van der Waals surface area (Å²) in [6, 6.07) is 7.34. The van der Waals surface area contributed by atoms with Crippen LogP contribution >= 0.6 is 0 Å². The maximum atomic E-state index is 12.4. The van der Waals surface area contributed by atoms with Crippen LogP contribution in [-0.4, -0.2) is 30.5 Å². The summed E-state index contributed by atoms with van der Waals surface area (Å²) < 4.78 is 7.17. The molecule has 1 aromatic carbocycles. The first-order valence-corrected chi connectivity index (χ1v) is 7.65. The highest BCUT2D eigenvalue weighted by atomic mass is 16.4. The molecule has 4 rings (SSSR count). The molecular formula is C17H14N6O2. The first-order chi connectivity index (χ1) is 12.2. The number of aryl methyl sites for hydroxylation is 1. The summed E-state index contributed by atoms with van der Waals surface area (Å²) in [4.78, 5) is 20.8. The lowest BCUT2D eigenvalue weighted by molar-refractivity contribution is 0.0947. The van der Waals surface area contributed by atoms with Crippen LogP contribution in [0.5, 0.6) is 0 Å². The van der Waals surface area contributed by atoms with Gasteiger partial charge in [-0.1, -0.05) is 12.1 Å². The van der Waals surface area contributed by atoms with E-state index in [0.717, 1.165) is 16.9 Å². The largest absolute Gasteiger partial charge is 0.424 e. The lowest BCUT2D eigenvalue weighted by Gasteiger charge is -2.06. The molecule has 0 aliphatic rings. The number of amides is 1. The molecule has 0 aliphatic heterocycles. The molecule has 3 heterocycles. The zero-order chi connectivity index (χ0) is 17.2. The van der Waals surface area contributed by atoms with E-state index in [1.54, 1.807) is 31.6 Å². The predicted octanol–water partition coefficient (Wildman–Crippen LogP) is 2.02. The Morgan fingerprint density at radius 1 is 1.28 bits per heavy atom. The first-order valence-electron chi connectivity index (χ1n) is 7.65. The van der Waals surface area contributed by atoms with Gasteiger partial charge < -0.3 is 9.73 Å². The van der Waals surface area contributed by atoms with Gasteiger partial charge in [-0.05, 0) is 12.1 Å². The molecule has 3 aromatic heterocycles. The monoisotopic (exact) mass is 334 g/mol. The maximum Gasteiger partial charge on any atom is 0.251 e. The second-order valence-electron chi connectivity index (χ2n) is 5.43. The third-order valence-corrected chi connectivity index (χ3v) is 3.71. The van der Waals surface area contributed by atoms with Crippen LogP contribution < -0.4 is 5.32 Å². The minimum atomic E-state index is -0.215. The molecule has 8 nitrogen and oxygen atoms in total. The van der Waals surface area contributed by atoms with Gasteiger partial charge in [0.05, 0.1) is 24.6 Å². The number of benzene rings is 1. The Kier molecular flexibility index (Phi) is 3.70. The van der Waals surface area contributed by atoms with Crippen LogP contribution in [0.4, 0.5) is 0 Å². The molecular weight excluding hydrogens is 320 g/mol. The Morgan fingerprint density at radius 2 is 2.20 bits per heavy atom. The van der Waals surface area contributed by atoms with E-state index >= 15 is 0 Å². The molecule has 1 N–H and O–H groups in total. The van der Waals surface area contributed by atoms with Gasteiger partial charge in [0.2, 0.25) is 11.8 Å². The summed E-state index contributed by atoms with van der Waals surface area (Å²) >= 11 is 0. The number of fused-ring (bicyclic) bond motifs is 1. The molecule has 0 fully saturated rings. The molecule has 0 spiro atoms. The van der Waals surface area contributed by atoms with Crippen molar-refractivity contribution in [2.24, 2.45) is 0 Å². The summed E-state index contributed by atoms with van der Waals surface area (Å²) in [6.07, 6.45) is 6.98. The van der Waals surface area contributed by atoms with Gasteiger partial charge in [0.25, 0.3) is 5.91 Å². The van der Waals surface area contributed by atoms with Crippen molar-refractivity contribution in [1.82, 2.24) is 29.9 Å². The topological polar surface area (TPSA) is 98.2 Å². The highest BCUT2D eigenvalue weighted by Gasteiger charge is 2.11. The number of nitrogens with zero attached hydrogens (tertiary/aromatic N) is 5. The van der Waals surface area contributed by atoms with Crippen molar-refractivity contribution >= 4 is 11.6 Å². The van der Waals surface area contributed by atoms with Crippen LogP contribution in [0.1, 0.15) is 22.1 Å². The molecule has 25 heavy (non-hydrogen) atoms. The first kappa shape index (κ1) is 15.0. The van der Waals surface area contributed by atoms with E-state index in [1.807, 2.05) is 28.8 Å². The zero-order valence-electron chi connectivity index (χ0n) is 13.4. The van der Waals surface area contributed by atoms with E-state index in [4.69, 9.17) is 4.42 Å². The molecule has 8 heteroatoms. The molecule has 0 bridgehead atoms. The van der Waals surface area contributed by atoms with Gasteiger partial charge in [0, 0.05) is 30.4 Å². The summed E-state index contributed by atoms with van der Waals surface area (Å²) in [6.45, 7) is 1.89. The lowest BCUT2D eigenvalue weighted by atomic mass is 10.1. The van der Waals surface area contributed by atoms with Crippen molar-refractivity contribution in [2.45, 2.75) is 13.5 Å². The number of hydrogen-bond acceptors (Lipinski definition) is 6. The van der Waals surface area contributed by atoms with Crippen molar-refractivity contribution in [3.8, 4) is 11.3 Å². The van der Waals surface area contributed by atoms with Crippen molar-refractivity contribution in [1.29, 1.82) is 0 Å². The molecule has 124 valence electrons. The Hall–Kier alpha value is -3.55. The summed E-state index contributed by atoms with van der Waals surface area (Å²) in [5, 5.41) is 10.4. The van der Waals surface area contributed by atoms with Crippen molar-refractivity contribution in [3.05, 3.63) is 66.4 Å². The van der Waals surface area contributed by atoms with Gasteiger partial charge in [0.1, 0.15) is 0 Å². The van der Waals surface area contributed by atoms with Crippen LogP contribution in [0.15, 0.2) is 53.5 Å². The number of nitrogens with one attached hydrogen (secondary N) is 1. The van der Waals surface area contributed by atoms with Crippen LogP contribution in [0.2, 0.25) is 0 Å². The lowest BCUT2D eigenvalue weighted by Crippen LogP contribution is -2.23. The van der Waals surface area contributed by atoms with Gasteiger partial charge in [-0.2, -0.15) is 0 Å². The van der Waals surface area contributed by atoms with Crippen molar-refractivity contribution in [3.63, 3.8) is 0 Å². The number of rotatable bonds is 4. The fourth-order valence-electron chi connectivity index (χ4n) is 2.54. The van der Waals surface area contributed by atoms with Gasteiger partial charge in [-0.25, -0.2) is 4.98 Å². The molecule has 1 amide bonds. The number of carbonyl (C=O) groups excluding carboxylic acids is 1. The van der Waals surface area contributed by atoms with E-state index in [-0.39, 0.29) is 12.5 Å². The average Bonchev–Trinajstić information content (AvgIpc) is 3.26. The normalized spacial score (nSPS) is 10.9.